The van der Waals surface area contributed by atoms with Crippen LogP contribution in [0.25, 0.3) is 32.8 Å². The van der Waals surface area contributed by atoms with Crippen molar-refractivity contribution in [3.63, 3.8) is 0 Å². The number of rotatable bonds is 2. The molecule has 0 fully saturated rings. The highest BCUT2D eigenvalue weighted by Crippen LogP contribution is 2.48. The Kier molecular flexibility index (Phi) is 4.01. The lowest BCUT2D eigenvalue weighted by Gasteiger charge is -2.27. The van der Waals surface area contributed by atoms with Gasteiger partial charge < -0.3 is 14.6 Å². The van der Waals surface area contributed by atoms with Crippen molar-refractivity contribution in [2.45, 2.75) is 12.3 Å². The summed E-state index contributed by atoms with van der Waals surface area (Å²) in [5.41, 5.74) is 4.72. The van der Waals surface area contributed by atoms with Crippen LogP contribution in [0.3, 0.4) is 0 Å². The van der Waals surface area contributed by atoms with Crippen LogP contribution >= 0.6 is 0 Å². The minimum atomic E-state index is -0.316. The molecule has 4 aromatic carbocycles. The number of ether oxygens (including phenoxy) is 2. The molecule has 1 atom stereocenters. The van der Waals surface area contributed by atoms with E-state index in [0.29, 0.717) is 17.0 Å². The van der Waals surface area contributed by atoms with Gasteiger partial charge in [-0.05, 0) is 29.8 Å². The molecule has 1 aliphatic heterocycles. The minimum Gasteiger partial charge on any atom is -0.504 e. The second-order valence-corrected chi connectivity index (χ2v) is 7.86. The van der Waals surface area contributed by atoms with Gasteiger partial charge in [0.2, 0.25) is 0 Å². The zero-order chi connectivity index (χ0) is 21.8. The number of hydrogen-bond acceptors (Lipinski definition) is 6. The van der Waals surface area contributed by atoms with Gasteiger partial charge in [0.15, 0.2) is 11.5 Å². The summed E-state index contributed by atoms with van der Waals surface area (Å²) < 4.78 is 11.1. The number of phenols is 1. The zero-order valence-electron chi connectivity index (χ0n) is 17.2. The molecule has 2 heterocycles. The predicted octanol–water partition coefficient (Wildman–Crippen LogP) is 5.09. The van der Waals surface area contributed by atoms with Gasteiger partial charge in [0.25, 0.3) is 0 Å². The Morgan fingerprint density at radius 1 is 0.938 bits per heavy atom. The predicted molar refractivity (Wildman–Crippen MR) is 121 cm³/mol. The van der Waals surface area contributed by atoms with E-state index < -0.39 is 0 Å². The quantitative estimate of drug-likeness (QED) is 0.185. The average molecular weight is 422 g/mol. The van der Waals surface area contributed by atoms with Gasteiger partial charge in [-0.2, -0.15) is 0 Å². The Bertz CT molecular complexity index is 1560. The van der Waals surface area contributed by atoms with Crippen molar-refractivity contribution in [1.82, 2.24) is 9.97 Å². The molecule has 1 aromatic heterocycles. The molecular formula is C26H18N2O4. The van der Waals surface area contributed by atoms with Crippen LogP contribution in [0.4, 0.5) is 0 Å². The second kappa shape index (κ2) is 6.92. The summed E-state index contributed by atoms with van der Waals surface area (Å²) in [7, 11) is 1.50. The molecule has 0 aliphatic carbocycles. The summed E-state index contributed by atoms with van der Waals surface area (Å²) in [5.74, 6) is 0.288. The molecule has 0 saturated carbocycles. The van der Waals surface area contributed by atoms with Crippen molar-refractivity contribution < 1.29 is 19.4 Å². The number of methoxy groups -OCH3 is 1. The molecule has 0 radical (unpaired) electrons. The van der Waals surface area contributed by atoms with Crippen LogP contribution in [0.2, 0.25) is 0 Å². The molecule has 1 N–H and O–H groups in total. The van der Waals surface area contributed by atoms with E-state index in [1.54, 1.807) is 18.2 Å². The number of esters is 1. The fourth-order valence-corrected chi connectivity index (χ4v) is 4.57. The Morgan fingerprint density at radius 3 is 2.38 bits per heavy atom. The normalized spacial score (nSPS) is 15.7. The van der Waals surface area contributed by atoms with E-state index in [0.717, 1.165) is 38.4 Å². The second-order valence-electron chi connectivity index (χ2n) is 7.86. The van der Waals surface area contributed by atoms with Crippen LogP contribution in [-0.4, -0.2) is 28.2 Å². The summed E-state index contributed by atoms with van der Waals surface area (Å²) in [5, 5.41) is 11.8. The summed E-state index contributed by atoms with van der Waals surface area (Å²) in [6.45, 7) is 0. The number of benzene rings is 4. The first-order valence-corrected chi connectivity index (χ1v) is 10.3. The molecule has 6 rings (SSSR count). The molecule has 0 saturated heterocycles. The Balaban J connectivity index is 1.75. The van der Waals surface area contributed by atoms with E-state index >= 15 is 0 Å². The summed E-state index contributed by atoms with van der Waals surface area (Å²) in [4.78, 5) is 22.6. The molecule has 5 aromatic rings. The number of carbonyl (C=O) groups is 1. The van der Waals surface area contributed by atoms with Gasteiger partial charge in [-0.1, -0.05) is 42.5 Å². The fourth-order valence-electron chi connectivity index (χ4n) is 4.57. The van der Waals surface area contributed by atoms with E-state index in [1.165, 1.54) is 7.11 Å². The van der Waals surface area contributed by atoms with Crippen LogP contribution in [0, 0.1) is 0 Å². The van der Waals surface area contributed by atoms with Gasteiger partial charge in [-0.3, -0.25) is 4.79 Å². The van der Waals surface area contributed by atoms with Crippen molar-refractivity contribution in [1.29, 1.82) is 0 Å². The van der Waals surface area contributed by atoms with Crippen molar-refractivity contribution in [3.05, 3.63) is 77.9 Å². The first kappa shape index (κ1) is 18.6. The number of para-hydroxylation sites is 2. The van der Waals surface area contributed by atoms with E-state index in [1.807, 2.05) is 48.5 Å². The molecule has 0 amide bonds. The Hall–Kier alpha value is -4.19. The first-order chi connectivity index (χ1) is 15.6. The van der Waals surface area contributed by atoms with Crippen LogP contribution in [0.5, 0.6) is 17.2 Å². The molecule has 32 heavy (non-hydrogen) atoms. The maximum atomic E-state index is 12.7. The number of phenolic OH excluding ortho intramolecular Hbond substituents is 1. The molecule has 1 aliphatic rings. The van der Waals surface area contributed by atoms with Gasteiger partial charge in [0, 0.05) is 22.3 Å². The van der Waals surface area contributed by atoms with Crippen molar-refractivity contribution in [2.24, 2.45) is 0 Å². The van der Waals surface area contributed by atoms with Gasteiger partial charge >= 0.3 is 5.97 Å². The summed E-state index contributed by atoms with van der Waals surface area (Å²) >= 11 is 0. The summed E-state index contributed by atoms with van der Waals surface area (Å²) in [6, 6.07) is 20.7. The lowest BCUT2D eigenvalue weighted by molar-refractivity contribution is -0.135. The highest BCUT2D eigenvalue weighted by molar-refractivity contribution is 6.12. The van der Waals surface area contributed by atoms with Crippen LogP contribution < -0.4 is 9.47 Å². The van der Waals surface area contributed by atoms with Gasteiger partial charge in [0.1, 0.15) is 5.75 Å². The Morgan fingerprint density at radius 2 is 1.62 bits per heavy atom. The number of fused-ring (bicyclic) bond motifs is 7. The fraction of sp³-hybridized carbons (Fsp3) is 0.115. The van der Waals surface area contributed by atoms with Crippen molar-refractivity contribution in [3.8, 4) is 17.2 Å². The first-order valence-electron chi connectivity index (χ1n) is 10.3. The van der Waals surface area contributed by atoms with Crippen LogP contribution in [-0.2, 0) is 4.79 Å². The number of hydrogen-bond donors (Lipinski definition) is 1. The smallest absolute Gasteiger partial charge is 0.312 e. The van der Waals surface area contributed by atoms with Gasteiger partial charge in [-0.15, -0.1) is 0 Å². The molecule has 6 nitrogen and oxygen atoms in total. The van der Waals surface area contributed by atoms with Gasteiger partial charge in [-0.25, -0.2) is 9.97 Å². The van der Waals surface area contributed by atoms with E-state index in [9.17, 15) is 9.90 Å². The average Bonchev–Trinajstić information content (AvgIpc) is 2.83. The molecular weight excluding hydrogens is 404 g/mol. The molecule has 0 bridgehead atoms. The number of carbonyl (C=O) groups excluding carboxylic acids is 1. The van der Waals surface area contributed by atoms with E-state index in [4.69, 9.17) is 19.4 Å². The monoisotopic (exact) mass is 422 g/mol. The van der Waals surface area contributed by atoms with Gasteiger partial charge in [0.05, 0.1) is 35.6 Å². The third-order valence-electron chi connectivity index (χ3n) is 6.04. The highest BCUT2D eigenvalue weighted by atomic mass is 16.5. The van der Waals surface area contributed by atoms with Crippen molar-refractivity contribution >= 4 is 38.8 Å². The third-order valence-corrected chi connectivity index (χ3v) is 6.04. The summed E-state index contributed by atoms with van der Waals surface area (Å²) in [6.07, 6.45) is 0.156. The van der Waals surface area contributed by atoms with E-state index in [2.05, 4.69) is 0 Å². The number of aromatic nitrogens is 2. The van der Waals surface area contributed by atoms with Crippen molar-refractivity contribution in [2.75, 3.05) is 7.11 Å². The molecule has 156 valence electrons. The molecule has 6 heteroatoms. The lowest BCUT2D eigenvalue weighted by Crippen LogP contribution is -2.22. The van der Waals surface area contributed by atoms with Crippen LogP contribution in [0.15, 0.2) is 66.7 Å². The lowest BCUT2D eigenvalue weighted by atomic mass is 9.83. The number of aromatic hydroxyl groups is 1. The minimum absolute atomic E-state index is 0.0454. The highest BCUT2D eigenvalue weighted by Gasteiger charge is 2.34. The molecule has 0 spiro atoms. The maximum absolute atomic E-state index is 12.7. The molecule has 0 unspecified atom stereocenters. The van der Waals surface area contributed by atoms with Crippen LogP contribution in [0.1, 0.15) is 23.5 Å². The topological polar surface area (TPSA) is 81.5 Å². The Labute approximate surface area is 183 Å². The SMILES string of the molecule is COc1cc([C@@H]2CC(=O)Oc3c2c2nc4ccccc4nc2c2ccccc32)ccc1O. The maximum Gasteiger partial charge on any atom is 0.312 e. The standard InChI is InChI=1S/C26H18N2O4/c1-31-21-12-14(10-11-20(21)29)17-13-22(30)32-26-16-7-3-2-6-15(16)24-25(23(17)26)28-19-9-5-4-8-18(19)27-24/h2-12,17,29H,13H2,1H3/t17-/m0/s1. The zero-order valence-corrected chi connectivity index (χ0v) is 17.2. The largest absolute Gasteiger partial charge is 0.504 e. The third kappa shape index (κ3) is 2.69. The van der Waals surface area contributed by atoms with E-state index in [-0.39, 0.29) is 24.1 Å². The number of nitrogens with zero attached hydrogens (tertiary/aromatic N) is 2.